The van der Waals surface area contributed by atoms with Gasteiger partial charge in [0.2, 0.25) is 0 Å². The number of rotatable bonds is 7. The molecule has 5 heteroatoms. The first kappa shape index (κ1) is 15.8. The molecule has 1 atom stereocenters. The molecular weight excluding hydrogens is 266 g/mol. The Morgan fingerprint density at radius 1 is 1.43 bits per heavy atom. The zero-order valence-electron chi connectivity index (χ0n) is 13.0. The Balaban J connectivity index is 2.13. The van der Waals surface area contributed by atoms with Gasteiger partial charge in [0.1, 0.15) is 5.69 Å². The summed E-state index contributed by atoms with van der Waals surface area (Å²) in [7, 11) is 0. The number of hydrogen-bond donors (Lipinski definition) is 1. The number of nitro groups is 1. The maximum Gasteiger partial charge on any atom is 0.292 e. The third kappa shape index (κ3) is 3.94. The van der Waals surface area contributed by atoms with Gasteiger partial charge in [0.25, 0.3) is 5.69 Å². The quantitative estimate of drug-likeness (QED) is 0.613. The summed E-state index contributed by atoms with van der Waals surface area (Å²) in [5, 5.41) is 14.4. The second-order valence-corrected chi connectivity index (χ2v) is 5.71. The van der Waals surface area contributed by atoms with Crippen molar-refractivity contribution >= 4 is 11.4 Å². The number of hydrogen-bond acceptors (Lipinski definition) is 4. The van der Waals surface area contributed by atoms with Crippen LogP contribution in [0.4, 0.5) is 11.4 Å². The third-order valence-electron chi connectivity index (χ3n) is 4.18. The monoisotopic (exact) mass is 291 g/mol. The van der Waals surface area contributed by atoms with Gasteiger partial charge in [0.05, 0.1) is 4.92 Å². The summed E-state index contributed by atoms with van der Waals surface area (Å²) in [5.74, 6) is 0. The van der Waals surface area contributed by atoms with Crippen molar-refractivity contribution < 1.29 is 4.92 Å². The molecule has 1 unspecified atom stereocenters. The van der Waals surface area contributed by atoms with E-state index in [0.717, 1.165) is 38.0 Å². The molecule has 1 N–H and O–H groups in total. The lowest BCUT2D eigenvalue weighted by Gasteiger charge is -2.23. The average molecular weight is 291 g/mol. The Hall–Kier alpha value is -1.62. The molecular formula is C16H25N3O2. The Morgan fingerprint density at radius 3 is 2.90 bits per heavy atom. The van der Waals surface area contributed by atoms with Gasteiger partial charge >= 0.3 is 0 Å². The van der Waals surface area contributed by atoms with Gasteiger partial charge in [-0.25, -0.2) is 0 Å². The van der Waals surface area contributed by atoms with Crippen LogP contribution in [0.1, 0.15) is 45.1 Å². The molecule has 1 heterocycles. The van der Waals surface area contributed by atoms with Gasteiger partial charge in [-0.2, -0.15) is 0 Å². The first-order valence-corrected chi connectivity index (χ1v) is 7.91. The molecule has 0 radical (unpaired) electrons. The van der Waals surface area contributed by atoms with Crippen molar-refractivity contribution in [1.82, 2.24) is 4.90 Å². The summed E-state index contributed by atoms with van der Waals surface area (Å²) < 4.78 is 0. The number of nitrogens with one attached hydrogen (secondary N) is 1. The van der Waals surface area contributed by atoms with Gasteiger partial charge in [0.15, 0.2) is 0 Å². The molecule has 1 aromatic rings. The summed E-state index contributed by atoms with van der Waals surface area (Å²) in [6.07, 6.45) is 4.58. The minimum atomic E-state index is -0.289. The molecule has 1 aliphatic rings. The van der Waals surface area contributed by atoms with Crippen LogP contribution in [0.25, 0.3) is 0 Å². The molecule has 1 saturated heterocycles. The third-order valence-corrected chi connectivity index (χ3v) is 4.18. The number of anilines is 1. The highest BCUT2D eigenvalue weighted by Crippen LogP contribution is 2.28. The van der Waals surface area contributed by atoms with Crippen molar-refractivity contribution in [2.45, 2.75) is 52.1 Å². The van der Waals surface area contributed by atoms with Crippen LogP contribution >= 0.6 is 0 Å². The standard InChI is InChI=1S/C16H25N3O2/c1-3-9-17-15-8-7-13(11-16(15)19(20)21)12-18-10-5-6-14(18)4-2/h7-8,11,14,17H,3-6,9-10,12H2,1-2H3. The minimum absolute atomic E-state index is 0.188. The molecule has 0 amide bonds. The maximum absolute atomic E-state index is 11.2. The van der Waals surface area contributed by atoms with Crippen molar-refractivity contribution in [3.63, 3.8) is 0 Å². The smallest absolute Gasteiger partial charge is 0.292 e. The summed E-state index contributed by atoms with van der Waals surface area (Å²) >= 11 is 0. The fourth-order valence-electron chi connectivity index (χ4n) is 3.04. The van der Waals surface area contributed by atoms with E-state index in [0.29, 0.717) is 11.7 Å². The zero-order valence-corrected chi connectivity index (χ0v) is 13.0. The van der Waals surface area contributed by atoms with E-state index in [4.69, 9.17) is 0 Å². The molecule has 0 bridgehead atoms. The zero-order chi connectivity index (χ0) is 15.2. The number of likely N-dealkylation sites (tertiary alicyclic amines) is 1. The van der Waals surface area contributed by atoms with Crippen molar-refractivity contribution in [1.29, 1.82) is 0 Å². The summed E-state index contributed by atoms with van der Waals surface area (Å²) in [6, 6.07) is 6.21. The summed E-state index contributed by atoms with van der Waals surface area (Å²) in [5.41, 5.74) is 1.84. The fourth-order valence-corrected chi connectivity index (χ4v) is 3.04. The normalized spacial score (nSPS) is 18.9. The lowest BCUT2D eigenvalue weighted by Crippen LogP contribution is -2.28. The summed E-state index contributed by atoms with van der Waals surface area (Å²) in [4.78, 5) is 13.4. The Bertz CT molecular complexity index is 490. The molecule has 1 fully saturated rings. The predicted octanol–water partition coefficient (Wildman–Crippen LogP) is 3.79. The topological polar surface area (TPSA) is 58.4 Å². The lowest BCUT2D eigenvalue weighted by atomic mass is 10.1. The van der Waals surface area contributed by atoms with E-state index in [9.17, 15) is 10.1 Å². The van der Waals surface area contributed by atoms with Crippen LogP contribution in [-0.2, 0) is 6.54 Å². The molecule has 2 rings (SSSR count). The van der Waals surface area contributed by atoms with Crippen LogP contribution < -0.4 is 5.32 Å². The van der Waals surface area contributed by atoms with Crippen LogP contribution in [0, 0.1) is 10.1 Å². The number of nitro benzene ring substituents is 1. The lowest BCUT2D eigenvalue weighted by molar-refractivity contribution is -0.384. The average Bonchev–Trinajstić information content (AvgIpc) is 2.92. The van der Waals surface area contributed by atoms with Gasteiger partial charge < -0.3 is 5.32 Å². The molecule has 0 aromatic heterocycles. The van der Waals surface area contributed by atoms with Crippen molar-refractivity contribution in [2.75, 3.05) is 18.4 Å². The highest BCUT2D eigenvalue weighted by Gasteiger charge is 2.23. The van der Waals surface area contributed by atoms with Gasteiger partial charge in [-0.3, -0.25) is 15.0 Å². The van der Waals surface area contributed by atoms with Gasteiger partial charge in [-0.15, -0.1) is 0 Å². The molecule has 0 saturated carbocycles. The van der Waals surface area contributed by atoms with E-state index in [1.807, 2.05) is 19.1 Å². The van der Waals surface area contributed by atoms with E-state index in [1.54, 1.807) is 6.07 Å². The molecule has 1 aromatic carbocycles. The van der Waals surface area contributed by atoms with E-state index in [2.05, 4.69) is 17.1 Å². The Morgan fingerprint density at radius 2 is 2.24 bits per heavy atom. The van der Waals surface area contributed by atoms with Crippen LogP contribution in [0.3, 0.4) is 0 Å². The van der Waals surface area contributed by atoms with E-state index in [1.165, 1.54) is 12.8 Å². The molecule has 116 valence electrons. The first-order chi connectivity index (χ1) is 10.2. The fraction of sp³-hybridized carbons (Fsp3) is 0.625. The SMILES string of the molecule is CCCNc1ccc(CN2CCCC2CC)cc1[N+](=O)[O-]. The Kier molecular flexibility index (Phi) is 5.56. The minimum Gasteiger partial charge on any atom is -0.380 e. The molecule has 5 nitrogen and oxygen atoms in total. The van der Waals surface area contributed by atoms with Crippen molar-refractivity contribution in [3.8, 4) is 0 Å². The number of nitrogens with zero attached hydrogens (tertiary/aromatic N) is 2. The van der Waals surface area contributed by atoms with Crippen LogP contribution in [-0.4, -0.2) is 29.0 Å². The second kappa shape index (κ2) is 7.41. The van der Waals surface area contributed by atoms with Crippen molar-refractivity contribution in [2.24, 2.45) is 0 Å². The predicted molar refractivity (Wildman–Crippen MR) is 85.6 cm³/mol. The van der Waals surface area contributed by atoms with Gasteiger partial charge in [-0.05, 0) is 43.9 Å². The Labute approximate surface area is 126 Å². The highest BCUT2D eigenvalue weighted by atomic mass is 16.6. The van der Waals surface area contributed by atoms with E-state index >= 15 is 0 Å². The van der Waals surface area contributed by atoms with Gasteiger partial charge in [-0.1, -0.05) is 19.9 Å². The van der Waals surface area contributed by atoms with Gasteiger partial charge in [0, 0.05) is 25.2 Å². The molecule has 1 aliphatic heterocycles. The largest absolute Gasteiger partial charge is 0.380 e. The number of benzene rings is 1. The highest BCUT2D eigenvalue weighted by molar-refractivity contribution is 5.62. The second-order valence-electron chi connectivity index (χ2n) is 5.71. The van der Waals surface area contributed by atoms with Crippen LogP contribution in [0.15, 0.2) is 18.2 Å². The van der Waals surface area contributed by atoms with E-state index in [-0.39, 0.29) is 10.6 Å². The molecule has 0 spiro atoms. The van der Waals surface area contributed by atoms with Crippen LogP contribution in [0.5, 0.6) is 0 Å². The van der Waals surface area contributed by atoms with Crippen molar-refractivity contribution in [3.05, 3.63) is 33.9 Å². The van der Waals surface area contributed by atoms with Crippen LogP contribution in [0.2, 0.25) is 0 Å². The maximum atomic E-state index is 11.2. The van der Waals surface area contributed by atoms with E-state index < -0.39 is 0 Å². The first-order valence-electron chi connectivity index (χ1n) is 7.91. The molecule has 21 heavy (non-hydrogen) atoms. The molecule has 0 aliphatic carbocycles. The summed E-state index contributed by atoms with van der Waals surface area (Å²) in [6.45, 7) is 6.93.